The maximum atomic E-state index is 11.8. The van der Waals surface area contributed by atoms with Crippen LogP contribution in [0.25, 0.3) is 0 Å². The predicted molar refractivity (Wildman–Crippen MR) is 84.8 cm³/mol. The lowest BCUT2D eigenvalue weighted by molar-refractivity contribution is -0.116. The molecule has 0 aliphatic rings. The van der Waals surface area contributed by atoms with Crippen LogP contribution in [0.15, 0.2) is 18.2 Å². The first-order valence-corrected chi connectivity index (χ1v) is 7.33. The summed E-state index contributed by atoms with van der Waals surface area (Å²) in [5.41, 5.74) is 6.74. The van der Waals surface area contributed by atoms with Crippen LogP contribution in [-0.4, -0.2) is 12.5 Å². The maximum absolute atomic E-state index is 11.8. The van der Waals surface area contributed by atoms with Crippen LogP contribution in [-0.2, 0) is 4.79 Å². The summed E-state index contributed by atoms with van der Waals surface area (Å²) in [6.07, 6.45) is 4.84. The van der Waals surface area contributed by atoms with E-state index in [2.05, 4.69) is 24.1 Å². The van der Waals surface area contributed by atoms with Crippen LogP contribution < -0.4 is 11.1 Å². The first kappa shape index (κ1) is 16.6. The molecule has 1 rings (SSSR count). The SMILES string of the molecule is CCCCCCC(=O)Nc1cc(C#CCN)ccc1Cl. The Balaban J connectivity index is 2.59. The fraction of sp³-hybridized carbons (Fsp3) is 0.438. The summed E-state index contributed by atoms with van der Waals surface area (Å²) in [5, 5.41) is 3.35. The molecule has 0 unspecified atom stereocenters. The van der Waals surface area contributed by atoms with Gasteiger partial charge in [0.15, 0.2) is 0 Å². The van der Waals surface area contributed by atoms with Crippen LogP contribution in [0.3, 0.4) is 0 Å². The highest BCUT2D eigenvalue weighted by Crippen LogP contribution is 2.23. The van der Waals surface area contributed by atoms with Gasteiger partial charge in [0, 0.05) is 12.0 Å². The molecule has 108 valence electrons. The zero-order valence-electron chi connectivity index (χ0n) is 11.8. The molecule has 0 aliphatic carbocycles. The Bertz CT molecular complexity index is 503. The normalized spacial score (nSPS) is 9.75. The van der Waals surface area contributed by atoms with Gasteiger partial charge in [-0.1, -0.05) is 49.6 Å². The van der Waals surface area contributed by atoms with E-state index in [4.69, 9.17) is 17.3 Å². The smallest absolute Gasteiger partial charge is 0.224 e. The van der Waals surface area contributed by atoms with E-state index in [1.807, 2.05) is 6.07 Å². The van der Waals surface area contributed by atoms with Gasteiger partial charge in [0.05, 0.1) is 17.3 Å². The number of benzene rings is 1. The first-order valence-electron chi connectivity index (χ1n) is 6.95. The Morgan fingerprint density at radius 1 is 1.35 bits per heavy atom. The van der Waals surface area contributed by atoms with Crippen molar-refractivity contribution in [3.8, 4) is 11.8 Å². The van der Waals surface area contributed by atoms with Crippen LogP contribution in [0, 0.1) is 11.8 Å². The van der Waals surface area contributed by atoms with Gasteiger partial charge < -0.3 is 11.1 Å². The number of nitrogens with two attached hydrogens (primary N) is 1. The number of hydrogen-bond acceptors (Lipinski definition) is 2. The van der Waals surface area contributed by atoms with Gasteiger partial charge in [-0.05, 0) is 24.6 Å². The Morgan fingerprint density at radius 3 is 2.85 bits per heavy atom. The zero-order valence-corrected chi connectivity index (χ0v) is 12.6. The molecule has 0 saturated carbocycles. The lowest BCUT2D eigenvalue weighted by Gasteiger charge is -2.07. The third kappa shape index (κ3) is 6.10. The molecule has 4 heteroatoms. The van der Waals surface area contributed by atoms with Crippen molar-refractivity contribution in [3.63, 3.8) is 0 Å². The van der Waals surface area contributed by atoms with Crippen molar-refractivity contribution in [2.45, 2.75) is 39.0 Å². The number of carbonyl (C=O) groups excluding carboxylic acids is 1. The molecule has 1 amide bonds. The number of amides is 1. The fourth-order valence-electron chi connectivity index (χ4n) is 1.78. The molecule has 1 aromatic carbocycles. The molecule has 0 atom stereocenters. The van der Waals surface area contributed by atoms with E-state index >= 15 is 0 Å². The summed E-state index contributed by atoms with van der Waals surface area (Å²) in [7, 11) is 0. The second kappa shape index (κ2) is 9.41. The van der Waals surface area contributed by atoms with E-state index in [1.54, 1.807) is 12.1 Å². The van der Waals surface area contributed by atoms with Gasteiger partial charge in [-0.25, -0.2) is 0 Å². The largest absolute Gasteiger partial charge is 0.325 e. The summed E-state index contributed by atoms with van der Waals surface area (Å²) >= 11 is 6.07. The number of carbonyl (C=O) groups is 1. The van der Waals surface area contributed by atoms with Crippen molar-refractivity contribution in [1.29, 1.82) is 0 Å². The summed E-state index contributed by atoms with van der Waals surface area (Å²) in [6.45, 7) is 2.45. The van der Waals surface area contributed by atoms with Gasteiger partial charge >= 0.3 is 0 Å². The van der Waals surface area contributed by atoms with Crippen molar-refractivity contribution < 1.29 is 4.79 Å². The van der Waals surface area contributed by atoms with Crippen molar-refractivity contribution in [3.05, 3.63) is 28.8 Å². The third-order valence-electron chi connectivity index (χ3n) is 2.83. The minimum absolute atomic E-state index is 0.00747. The molecule has 1 aromatic rings. The minimum atomic E-state index is -0.00747. The molecule has 0 aliphatic heterocycles. The highest BCUT2D eigenvalue weighted by Gasteiger charge is 2.06. The van der Waals surface area contributed by atoms with Gasteiger partial charge in [-0.15, -0.1) is 0 Å². The van der Waals surface area contributed by atoms with Crippen molar-refractivity contribution in [2.75, 3.05) is 11.9 Å². The third-order valence-corrected chi connectivity index (χ3v) is 3.16. The Morgan fingerprint density at radius 2 is 2.15 bits per heavy atom. The summed E-state index contributed by atoms with van der Waals surface area (Å²) in [4.78, 5) is 11.8. The van der Waals surface area contributed by atoms with Crippen LogP contribution in [0.5, 0.6) is 0 Å². The topological polar surface area (TPSA) is 55.1 Å². The fourth-order valence-corrected chi connectivity index (χ4v) is 1.94. The highest BCUT2D eigenvalue weighted by atomic mass is 35.5. The summed E-state index contributed by atoms with van der Waals surface area (Å²) in [5.74, 6) is 5.69. The lowest BCUT2D eigenvalue weighted by atomic mass is 10.1. The molecular weight excluding hydrogens is 272 g/mol. The van der Waals surface area contributed by atoms with Crippen molar-refractivity contribution in [1.82, 2.24) is 0 Å². The Labute approximate surface area is 125 Å². The molecule has 20 heavy (non-hydrogen) atoms. The monoisotopic (exact) mass is 292 g/mol. The zero-order chi connectivity index (χ0) is 14.8. The van der Waals surface area contributed by atoms with E-state index in [-0.39, 0.29) is 5.91 Å². The minimum Gasteiger partial charge on any atom is -0.325 e. The van der Waals surface area contributed by atoms with Gasteiger partial charge in [-0.3, -0.25) is 4.79 Å². The van der Waals surface area contributed by atoms with E-state index in [9.17, 15) is 4.79 Å². The van der Waals surface area contributed by atoms with Gasteiger partial charge in [0.25, 0.3) is 0 Å². The molecule has 0 heterocycles. The molecule has 3 nitrogen and oxygen atoms in total. The highest BCUT2D eigenvalue weighted by molar-refractivity contribution is 6.33. The number of unbranched alkanes of at least 4 members (excludes halogenated alkanes) is 3. The number of anilines is 1. The molecule has 0 radical (unpaired) electrons. The predicted octanol–water partition coefficient (Wildman–Crippen LogP) is 3.56. The van der Waals surface area contributed by atoms with Crippen LogP contribution in [0.1, 0.15) is 44.6 Å². The second-order valence-corrected chi connectivity index (χ2v) is 4.97. The molecule has 0 aromatic heterocycles. The van der Waals surface area contributed by atoms with E-state index in [0.29, 0.717) is 23.7 Å². The quantitative estimate of drug-likeness (QED) is 0.622. The van der Waals surface area contributed by atoms with Gasteiger partial charge in [0.2, 0.25) is 5.91 Å². The summed E-state index contributed by atoms with van der Waals surface area (Å²) < 4.78 is 0. The number of nitrogens with one attached hydrogen (secondary N) is 1. The molecule has 0 saturated heterocycles. The Hall–Kier alpha value is -1.50. The average Bonchev–Trinajstić information content (AvgIpc) is 2.44. The molecule has 0 fully saturated rings. The maximum Gasteiger partial charge on any atom is 0.224 e. The first-order chi connectivity index (χ1) is 9.67. The van der Waals surface area contributed by atoms with Crippen LogP contribution in [0.4, 0.5) is 5.69 Å². The van der Waals surface area contributed by atoms with Crippen LogP contribution in [0.2, 0.25) is 5.02 Å². The van der Waals surface area contributed by atoms with E-state index in [1.165, 1.54) is 0 Å². The molecule has 0 spiro atoms. The Kier molecular flexibility index (Phi) is 7.79. The number of halogens is 1. The standard InChI is InChI=1S/C16H21ClN2O/c1-2-3-4-5-8-16(20)19-15-12-13(7-6-11-18)9-10-14(15)17/h9-10,12H,2-5,8,11,18H2,1H3,(H,19,20). The van der Waals surface area contributed by atoms with Crippen molar-refractivity contribution in [2.24, 2.45) is 5.73 Å². The molecule has 0 bridgehead atoms. The molecule has 3 N–H and O–H groups in total. The number of rotatable bonds is 6. The van der Waals surface area contributed by atoms with Crippen LogP contribution >= 0.6 is 11.6 Å². The lowest BCUT2D eigenvalue weighted by Crippen LogP contribution is -2.11. The van der Waals surface area contributed by atoms with Crippen molar-refractivity contribution >= 4 is 23.2 Å². The summed E-state index contributed by atoms with van der Waals surface area (Å²) in [6, 6.07) is 5.31. The number of hydrogen-bond donors (Lipinski definition) is 2. The van der Waals surface area contributed by atoms with E-state index in [0.717, 1.165) is 31.2 Å². The van der Waals surface area contributed by atoms with E-state index < -0.39 is 0 Å². The molecular formula is C16H21ClN2O. The van der Waals surface area contributed by atoms with Gasteiger partial charge in [-0.2, -0.15) is 0 Å². The second-order valence-electron chi connectivity index (χ2n) is 4.56. The van der Waals surface area contributed by atoms with Gasteiger partial charge in [0.1, 0.15) is 0 Å². The average molecular weight is 293 g/mol.